The van der Waals surface area contributed by atoms with E-state index in [1.54, 1.807) is 30.1 Å². The van der Waals surface area contributed by atoms with E-state index in [0.29, 0.717) is 18.4 Å². The predicted octanol–water partition coefficient (Wildman–Crippen LogP) is 0.756. The summed E-state index contributed by atoms with van der Waals surface area (Å²) in [6.45, 7) is -0.428. The van der Waals surface area contributed by atoms with Gasteiger partial charge >= 0.3 is 5.97 Å². The highest BCUT2D eigenvalue weighted by Crippen LogP contribution is 2.29. The van der Waals surface area contributed by atoms with E-state index in [4.69, 9.17) is 10.2 Å². The quantitative estimate of drug-likeness (QED) is 0.829. The van der Waals surface area contributed by atoms with Crippen molar-refractivity contribution in [2.24, 2.45) is 0 Å². The minimum absolute atomic E-state index is 0.0622. The highest BCUT2D eigenvalue weighted by atomic mass is 16.4. The second kappa shape index (κ2) is 4.78. The van der Waals surface area contributed by atoms with Gasteiger partial charge in [-0.15, -0.1) is 0 Å². The van der Waals surface area contributed by atoms with Gasteiger partial charge in [0.15, 0.2) is 0 Å². The number of benzene rings is 1. The molecule has 1 heterocycles. The fourth-order valence-corrected chi connectivity index (χ4v) is 2.22. The number of hydrogen-bond donors (Lipinski definition) is 2. The van der Waals surface area contributed by atoms with E-state index in [-0.39, 0.29) is 5.91 Å². The summed E-state index contributed by atoms with van der Waals surface area (Å²) in [5.74, 6) is -1.89. The number of aryl methyl sites for hydroxylation is 1. The molecule has 2 rings (SSSR count). The first-order valence-corrected chi connectivity index (χ1v) is 5.77. The number of aliphatic carboxylic acids is 1. The maximum absolute atomic E-state index is 11.5. The Morgan fingerprint density at radius 1 is 1.44 bits per heavy atom. The van der Waals surface area contributed by atoms with Crippen molar-refractivity contribution in [1.29, 1.82) is 0 Å². The zero-order valence-corrected chi connectivity index (χ0v) is 10.1. The van der Waals surface area contributed by atoms with Crippen LogP contribution in [0.25, 0.3) is 0 Å². The van der Waals surface area contributed by atoms with Crippen molar-refractivity contribution in [1.82, 2.24) is 0 Å². The van der Waals surface area contributed by atoms with Crippen LogP contribution in [-0.2, 0) is 16.0 Å². The number of aliphatic hydroxyl groups is 1. The van der Waals surface area contributed by atoms with E-state index in [0.717, 1.165) is 11.3 Å². The molecule has 1 aliphatic rings. The maximum atomic E-state index is 11.5. The van der Waals surface area contributed by atoms with E-state index < -0.39 is 18.5 Å². The van der Waals surface area contributed by atoms with Gasteiger partial charge in [0, 0.05) is 19.2 Å². The number of carbonyl (C=O) groups excluding carboxylic acids is 1. The number of carbonyl (C=O) groups is 2. The fraction of sp³-hybridized carbons (Fsp3) is 0.385. The summed E-state index contributed by atoms with van der Waals surface area (Å²) in [7, 11) is 1.71. The smallest absolute Gasteiger partial charge is 0.313 e. The first kappa shape index (κ1) is 12.6. The molecule has 1 unspecified atom stereocenters. The third-order valence-corrected chi connectivity index (χ3v) is 3.33. The molecule has 1 atom stereocenters. The Labute approximate surface area is 105 Å². The van der Waals surface area contributed by atoms with Crippen LogP contribution < -0.4 is 4.90 Å². The van der Waals surface area contributed by atoms with Crippen LogP contribution in [-0.4, -0.2) is 35.7 Å². The van der Waals surface area contributed by atoms with Crippen LogP contribution >= 0.6 is 0 Å². The van der Waals surface area contributed by atoms with Gasteiger partial charge in [0.2, 0.25) is 5.91 Å². The Balaban J connectivity index is 2.39. The van der Waals surface area contributed by atoms with Crippen LogP contribution in [0.1, 0.15) is 23.5 Å². The molecule has 0 aromatic heterocycles. The Hall–Kier alpha value is -1.88. The molecule has 0 bridgehead atoms. The van der Waals surface area contributed by atoms with E-state index in [9.17, 15) is 9.59 Å². The highest BCUT2D eigenvalue weighted by molar-refractivity contribution is 5.96. The van der Waals surface area contributed by atoms with Crippen molar-refractivity contribution < 1.29 is 19.8 Å². The second-order valence-electron chi connectivity index (χ2n) is 4.41. The molecule has 1 aliphatic heterocycles. The van der Waals surface area contributed by atoms with Gasteiger partial charge in [0.05, 0.1) is 6.61 Å². The van der Waals surface area contributed by atoms with E-state index >= 15 is 0 Å². The van der Waals surface area contributed by atoms with Crippen LogP contribution in [0.5, 0.6) is 0 Å². The number of hydrogen-bond acceptors (Lipinski definition) is 3. The molecule has 96 valence electrons. The molecular weight excluding hydrogens is 234 g/mol. The highest BCUT2D eigenvalue weighted by Gasteiger charge is 2.24. The lowest BCUT2D eigenvalue weighted by atomic mass is 9.93. The standard InChI is InChI=1S/C13H15NO4/c1-14-11-4-2-8(10(7-15)13(17)18)6-9(11)3-5-12(14)16/h2,4,6,10,15H,3,5,7H2,1H3,(H,17,18). The Morgan fingerprint density at radius 2 is 2.17 bits per heavy atom. The van der Waals surface area contributed by atoms with Crippen molar-refractivity contribution in [2.75, 3.05) is 18.6 Å². The molecule has 2 N–H and O–H groups in total. The SMILES string of the molecule is CN1C(=O)CCc2cc(C(CO)C(=O)O)ccc21. The number of carboxylic acid groups (broad SMARTS) is 1. The van der Waals surface area contributed by atoms with Crippen LogP contribution in [0.3, 0.4) is 0 Å². The van der Waals surface area contributed by atoms with Crippen molar-refractivity contribution >= 4 is 17.6 Å². The number of anilines is 1. The molecule has 18 heavy (non-hydrogen) atoms. The largest absolute Gasteiger partial charge is 0.481 e. The van der Waals surface area contributed by atoms with Crippen molar-refractivity contribution in [3.63, 3.8) is 0 Å². The van der Waals surface area contributed by atoms with Crippen molar-refractivity contribution in [2.45, 2.75) is 18.8 Å². The van der Waals surface area contributed by atoms with Gasteiger partial charge in [0.25, 0.3) is 0 Å². The van der Waals surface area contributed by atoms with Gasteiger partial charge in [-0.1, -0.05) is 12.1 Å². The van der Waals surface area contributed by atoms with Gasteiger partial charge in [-0.3, -0.25) is 9.59 Å². The maximum Gasteiger partial charge on any atom is 0.313 e. The van der Waals surface area contributed by atoms with Crippen LogP contribution in [0, 0.1) is 0 Å². The van der Waals surface area contributed by atoms with Crippen LogP contribution in [0.2, 0.25) is 0 Å². The number of carboxylic acids is 1. The molecule has 0 fully saturated rings. The minimum Gasteiger partial charge on any atom is -0.481 e. The van der Waals surface area contributed by atoms with Gasteiger partial charge in [-0.05, 0) is 23.6 Å². The number of aliphatic hydroxyl groups excluding tert-OH is 1. The fourth-order valence-electron chi connectivity index (χ4n) is 2.22. The van der Waals surface area contributed by atoms with Gasteiger partial charge < -0.3 is 15.1 Å². The molecule has 1 aromatic carbocycles. The van der Waals surface area contributed by atoms with Crippen molar-refractivity contribution in [3.8, 4) is 0 Å². The number of amides is 1. The average molecular weight is 249 g/mol. The zero-order chi connectivity index (χ0) is 13.3. The van der Waals surface area contributed by atoms with E-state index in [1.807, 2.05) is 0 Å². The van der Waals surface area contributed by atoms with Crippen molar-refractivity contribution in [3.05, 3.63) is 29.3 Å². The molecular formula is C13H15NO4. The Morgan fingerprint density at radius 3 is 2.78 bits per heavy atom. The van der Waals surface area contributed by atoms with Crippen LogP contribution in [0.4, 0.5) is 5.69 Å². The molecule has 0 spiro atoms. The second-order valence-corrected chi connectivity index (χ2v) is 4.41. The summed E-state index contributed by atoms with van der Waals surface area (Å²) < 4.78 is 0. The summed E-state index contributed by atoms with van der Waals surface area (Å²) in [6, 6.07) is 5.17. The van der Waals surface area contributed by atoms with E-state index in [1.165, 1.54) is 0 Å². The molecule has 5 heteroatoms. The Kier molecular flexibility index (Phi) is 3.34. The minimum atomic E-state index is -1.04. The summed E-state index contributed by atoms with van der Waals surface area (Å²) in [5.41, 5.74) is 2.35. The van der Waals surface area contributed by atoms with Gasteiger partial charge in [-0.2, -0.15) is 0 Å². The van der Waals surface area contributed by atoms with Gasteiger partial charge in [0.1, 0.15) is 5.92 Å². The number of fused-ring (bicyclic) bond motifs is 1. The number of rotatable bonds is 3. The summed E-state index contributed by atoms with van der Waals surface area (Å²) in [5, 5.41) is 18.1. The summed E-state index contributed by atoms with van der Waals surface area (Å²) >= 11 is 0. The normalized spacial score (nSPS) is 16.3. The predicted molar refractivity (Wildman–Crippen MR) is 65.6 cm³/mol. The average Bonchev–Trinajstić information content (AvgIpc) is 2.34. The lowest BCUT2D eigenvalue weighted by Gasteiger charge is -2.26. The summed E-state index contributed by atoms with van der Waals surface area (Å²) in [6.07, 6.45) is 1.05. The molecule has 0 saturated heterocycles. The lowest BCUT2D eigenvalue weighted by Crippen LogP contribution is -2.31. The van der Waals surface area contributed by atoms with E-state index in [2.05, 4.69) is 0 Å². The first-order valence-electron chi connectivity index (χ1n) is 5.77. The molecule has 1 amide bonds. The third kappa shape index (κ3) is 2.09. The first-order chi connectivity index (χ1) is 8.54. The van der Waals surface area contributed by atoms with Gasteiger partial charge in [-0.25, -0.2) is 0 Å². The van der Waals surface area contributed by atoms with Crippen LogP contribution in [0.15, 0.2) is 18.2 Å². The molecule has 5 nitrogen and oxygen atoms in total. The molecule has 0 saturated carbocycles. The molecule has 0 aliphatic carbocycles. The topological polar surface area (TPSA) is 77.8 Å². The number of nitrogens with zero attached hydrogens (tertiary/aromatic N) is 1. The summed E-state index contributed by atoms with van der Waals surface area (Å²) in [4.78, 5) is 24.1. The Bertz CT molecular complexity index is 498. The zero-order valence-electron chi connectivity index (χ0n) is 10.1. The monoisotopic (exact) mass is 249 g/mol. The third-order valence-electron chi connectivity index (χ3n) is 3.33. The molecule has 1 aromatic rings. The lowest BCUT2D eigenvalue weighted by molar-refractivity contribution is -0.139. The molecule has 0 radical (unpaired) electrons.